The predicted octanol–water partition coefficient (Wildman–Crippen LogP) is 1.34. The molecule has 0 unspecified atom stereocenters. The van der Waals surface area contributed by atoms with E-state index in [4.69, 9.17) is 4.74 Å². The summed E-state index contributed by atoms with van der Waals surface area (Å²) in [6, 6.07) is 0. The zero-order chi connectivity index (χ0) is 14.0. The minimum absolute atomic E-state index is 0.0273. The predicted molar refractivity (Wildman–Crippen MR) is 69.2 cm³/mol. The lowest BCUT2D eigenvalue weighted by Crippen LogP contribution is -2.61. The van der Waals surface area contributed by atoms with Gasteiger partial charge in [-0.05, 0) is 36.0 Å². The van der Waals surface area contributed by atoms with Crippen LogP contribution in [-0.4, -0.2) is 35.0 Å². The maximum Gasteiger partial charge on any atom is 0.309 e. The first-order valence-corrected chi connectivity index (χ1v) is 7.31. The fourth-order valence-electron chi connectivity index (χ4n) is 5.25. The van der Waals surface area contributed by atoms with E-state index in [0.29, 0.717) is 13.0 Å². The summed E-state index contributed by atoms with van der Waals surface area (Å²) in [5.74, 6) is -0.0744. The molecule has 0 bridgehead atoms. The highest BCUT2D eigenvalue weighted by Gasteiger charge is 2.63. The Morgan fingerprint density at radius 3 is 2.63 bits per heavy atom. The van der Waals surface area contributed by atoms with Crippen molar-refractivity contribution in [1.29, 1.82) is 0 Å². The van der Waals surface area contributed by atoms with Gasteiger partial charge in [-0.25, -0.2) is 0 Å². The monoisotopic (exact) mass is 268 g/mol. The molecule has 0 amide bonds. The molecule has 0 spiro atoms. The molecule has 2 aliphatic carbocycles. The van der Waals surface area contributed by atoms with Crippen molar-refractivity contribution in [2.75, 3.05) is 6.61 Å². The van der Waals surface area contributed by atoms with Crippen molar-refractivity contribution in [3.8, 4) is 0 Å². The maximum absolute atomic E-state index is 11.8. The second-order valence-corrected chi connectivity index (χ2v) is 7.51. The fraction of sp³-hybridized carbons (Fsp3) is 0.933. The highest BCUT2D eigenvalue weighted by molar-refractivity contribution is 5.75. The van der Waals surface area contributed by atoms with Crippen LogP contribution >= 0.6 is 0 Å². The van der Waals surface area contributed by atoms with Gasteiger partial charge in [0.25, 0.3) is 0 Å². The Hall–Kier alpha value is -0.610. The third kappa shape index (κ3) is 1.62. The lowest BCUT2D eigenvalue weighted by Gasteiger charge is -2.60. The van der Waals surface area contributed by atoms with Crippen LogP contribution in [0, 0.1) is 28.6 Å². The molecule has 2 saturated carbocycles. The topological polar surface area (TPSA) is 66.8 Å². The van der Waals surface area contributed by atoms with Crippen molar-refractivity contribution < 1.29 is 19.7 Å². The summed E-state index contributed by atoms with van der Waals surface area (Å²) in [5.41, 5.74) is -0.430. The minimum Gasteiger partial charge on any atom is -0.465 e. The summed E-state index contributed by atoms with van der Waals surface area (Å²) in [6.45, 7) is 6.74. The van der Waals surface area contributed by atoms with Gasteiger partial charge in [0.2, 0.25) is 0 Å². The number of ether oxygens (including phenoxy) is 1. The summed E-state index contributed by atoms with van der Waals surface area (Å²) in [5, 5.41) is 20.9. The van der Waals surface area contributed by atoms with Gasteiger partial charge in [0.15, 0.2) is 0 Å². The Kier molecular flexibility index (Phi) is 2.78. The molecule has 108 valence electrons. The van der Waals surface area contributed by atoms with Crippen LogP contribution in [0.15, 0.2) is 0 Å². The summed E-state index contributed by atoms with van der Waals surface area (Å²) in [6.07, 6.45) is 1.18. The molecular formula is C15H24O4. The molecule has 1 aliphatic heterocycles. The number of hydrogen-bond donors (Lipinski definition) is 2. The zero-order valence-electron chi connectivity index (χ0n) is 11.9. The summed E-state index contributed by atoms with van der Waals surface area (Å²) in [4.78, 5) is 11.8. The molecule has 4 nitrogen and oxygen atoms in total. The van der Waals surface area contributed by atoms with Gasteiger partial charge in [-0.15, -0.1) is 0 Å². The highest BCUT2D eigenvalue weighted by Crippen LogP contribution is 2.62. The van der Waals surface area contributed by atoms with E-state index >= 15 is 0 Å². The largest absolute Gasteiger partial charge is 0.465 e. The third-order valence-electron chi connectivity index (χ3n) is 6.25. The number of rotatable bonds is 0. The fourth-order valence-corrected chi connectivity index (χ4v) is 5.25. The average molecular weight is 268 g/mol. The van der Waals surface area contributed by atoms with Crippen LogP contribution in [0.5, 0.6) is 0 Å². The van der Waals surface area contributed by atoms with Gasteiger partial charge in [-0.1, -0.05) is 20.8 Å². The van der Waals surface area contributed by atoms with E-state index in [2.05, 4.69) is 6.92 Å². The quantitative estimate of drug-likeness (QED) is 0.651. The van der Waals surface area contributed by atoms with E-state index in [1.807, 2.05) is 13.8 Å². The average Bonchev–Trinajstić information content (AvgIpc) is 2.67. The van der Waals surface area contributed by atoms with Crippen LogP contribution < -0.4 is 0 Å². The number of aliphatic hydroxyl groups excluding tert-OH is 2. The highest BCUT2D eigenvalue weighted by atomic mass is 16.5. The summed E-state index contributed by atoms with van der Waals surface area (Å²) >= 11 is 0. The first-order valence-electron chi connectivity index (χ1n) is 7.31. The van der Waals surface area contributed by atoms with Gasteiger partial charge in [0, 0.05) is 5.92 Å². The first kappa shape index (κ1) is 13.4. The Labute approximate surface area is 114 Å². The van der Waals surface area contributed by atoms with E-state index in [-0.39, 0.29) is 40.7 Å². The lowest BCUT2D eigenvalue weighted by atomic mass is 9.45. The smallest absolute Gasteiger partial charge is 0.309 e. The second kappa shape index (κ2) is 3.95. The molecule has 0 aromatic heterocycles. The van der Waals surface area contributed by atoms with Crippen molar-refractivity contribution in [2.45, 2.75) is 52.2 Å². The van der Waals surface area contributed by atoms with Gasteiger partial charge >= 0.3 is 5.97 Å². The minimum atomic E-state index is -0.526. The van der Waals surface area contributed by atoms with E-state index in [1.165, 1.54) is 0 Å². The molecule has 0 aromatic rings. The first-order chi connectivity index (χ1) is 8.78. The molecule has 2 N–H and O–H groups in total. The van der Waals surface area contributed by atoms with E-state index < -0.39 is 6.10 Å². The zero-order valence-corrected chi connectivity index (χ0v) is 11.9. The number of carbonyl (C=O) groups is 1. The normalized spacial score (nSPS) is 52.3. The van der Waals surface area contributed by atoms with Crippen molar-refractivity contribution in [3.63, 3.8) is 0 Å². The van der Waals surface area contributed by atoms with Gasteiger partial charge in [0.05, 0.1) is 24.7 Å². The SMILES string of the molecule is CC1(C)[C@H](O)CC[C@]2(C)[C@@H]3COC(=O)[C@H]3C[C@H](O)[C@@H]12. The van der Waals surface area contributed by atoms with Crippen molar-refractivity contribution >= 4 is 5.97 Å². The molecule has 1 saturated heterocycles. The Balaban J connectivity index is 2.02. The molecular weight excluding hydrogens is 244 g/mol. The molecule has 1 heterocycles. The summed E-state index contributed by atoms with van der Waals surface area (Å²) < 4.78 is 5.24. The molecule has 6 atom stereocenters. The van der Waals surface area contributed by atoms with E-state index in [9.17, 15) is 15.0 Å². The van der Waals surface area contributed by atoms with Crippen LogP contribution in [0.4, 0.5) is 0 Å². The van der Waals surface area contributed by atoms with Crippen molar-refractivity contribution in [1.82, 2.24) is 0 Å². The maximum atomic E-state index is 11.8. The molecule has 0 aromatic carbocycles. The Morgan fingerprint density at radius 2 is 1.95 bits per heavy atom. The number of carbonyl (C=O) groups excluding carboxylic acids is 1. The molecule has 19 heavy (non-hydrogen) atoms. The molecule has 4 heteroatoms. The lowest BCUT2D eigenvalue weighted by molar-refractivity contribution is -0.189. The molecule has 3 rings (SSSR count). The summed E-state index contributed by atoms with van der Waals surface area (Å²) in [7, 11) is 0. The number of aliphatic hydroxyl groups is 2. The standard InChI is InChI=1S/C15H24O4/c1-14(2)11(17)4-5-15(3)9-7-19-13(18)8(9)6-10(16)12(14)15/h8-12,16-17H,4-7H2,1-3H3/t8-,9+,10-,11+,12-,15+/m0/s1. The van der Waals surface area contributed by atoms with E-state index in [1.54, 1.807) is 0 Å². The van der Waals surface area contributed by atoms with Crippen molar-refractivity contribution in [2.24, 2.45) is 28.6 Å². The molecule has 3 fully saturated rings. The van der Waals surface area contributed by atoms with Gasteiger partial charge < -0.3 is 14.9 Å². The van der Waals surface area contributed by atoms with Crippen molar-refractivity contribution in [3.05, 3.63) is 0 Å². The van der Waals surface area contributed by atoms with Crippen LogP contribution in [0.25, 0.3) is 0 Å². The van der Waals surface area contributed by atoms with Crippen LogP contribution in [-0.2, 0) is 9.53 Å². The number of esters is 1. The van der Waals surface area contributed by atoms with Crippen LogP contribution in [0.1, 0.15) is 40.0 Å². The van der Waals surface area contributed by atoms with Crippen LogP contribution in [0.2, 0.25) is 0 Å². The second-order valence-electron chi connectivity index (χ2n) is 7.51. The number of fused-ring (bicyclic) bond motifs is 3. The number of hydrogen-bond acceptors (Lipinski definition) is 4. The van der Waals surface area contributed by atoms with Gasteiger partial charge in [-0.2, -0.15) is 0 Å². The third-order valence-corrected chi connectivity index (χ3v) is 6.25. The van der Waals surface area contributed by atoms with E-state index in [0.717, 1.165) is 12.8 Å². The number of cyclic esters (lactones) is 1. The Morgan fingerprint density at radius 1 is 1.26 bits per heavy atom. The van der Waals surface area contributed by atoms with Gasteiger partial charge in [0.1, 0.15) is 0 Å². The Bertz CT molecular complexity index is 405. The molecule has 3 aliphatic rings. The molecule has 0 radical (unpaired) electrons. The van der Waals surface area contributed by atoms with Crippen LogP contribution in [0.3, 0.4) is 0 Å². The van der Waals surface area contributed by atoms with Gasteiger partial charge in [-0.3, -0.25) is 4.79 Å².